The molecule has 1 saturated heterocycles. The first-order chi connectivity index (χ1) is 10.7. The summed E-state index contributed by atoms with van der Waals surface area (Å²) in [4.78, 5) is 6.84. The second kappa shape index (κ2) is 9.08. The van der Waals surface area contributed by atoms with E-state index in [2.05, 4.69) is 32.8 Å². The summed E-state index contributed by atoms with van der Waals surface area (Å²) in [7, 11) is 3.87. The standard InChI is InChI=1S/C16H29N5S/c1-17-16(18-7-4-5-9-22-3)21-8-6-14(13-21)10-15-11-19-20(2)12-15/h11-12,14H,4-10,13H2,1-3H3,(H,17,18). The van der Waals surface area contributed by atoms with E-state index in [-0.39, 0.29) is 0 Å². The normalized spacial score (nSPS) is 19.0. The lowest BCUT2D eigenvalue weighted by atomic mass is 10.0. The molecule has 1 fully saturated rings. The van der Waals surface area contributed by atoms with Crippen LogP contribution in [0.4, 0.5) is 0 Å². The zero-order chi connectivity index (χ0) is 15.8. The van der Waals surface area contributed by atoms with Gasteiger partial charge in [0, 0.05) is 39.9 Å². The van der Waals surface area contributed by atoms with E-state index < -0.39 is 0 Å². The molecule has 0 amide bonds. The van der Waals surface area contributed by atoms with Gasteiger partial charge in [0.1, 0.15) is 0 Å². The van der Waals surface area contributed by atoms with Gasteiger partial charge in [0.05, 0.1) is 6.20 Å². The largest absolute Gasteiger partial charge is 0.356 e. The molecule has 124 valence electrons. The zero-order valence-corrected chi connectivity index (χ0v) is 14.9. The third kappa shape index (κ3) is 5.23. The summed E-state index contributed by atoms with van der Waals surface area (Å²) in [5.41, 5.74) is 1.34. The van der Waals surface area contributed by atoms with Crippen LogP contribution in [0.3, 0.4) is 0 Å². The minimum absolute atomic E-state index is 0.708. The van der Waals surface area contributed by atoms with Gasteiger partial charge in [0.2, 0.25) is 0 Å². The highest BCUT2D eigenvalue weighted by Crippen LogP contribution is 2.20. The van der Waals surface area contributed by atoms with Crippen molar-refractivity contribution in [3.8, 4) is 0 Å². The first-order valence-corrected chi connectivity index (χ1v) is 9.54. The molecule has 2 rings (SSSR count). The maximum atomic E-state index is 4.44. The Hall–Kier alpha value is -1.17. The predicted octanol–water partition coefficient (Wildman–Crippen LogP) is 2.00. The summed E-state index contributed by atoms with van der Waals surface area (Å²) in [5, 5.41) is 7.77. The molecule has 5 nitrogen and oxygen atoms in total. The minimum atomic E-state index is 0.708. The van der Waals surface area contributed by atoms with Crippen LogP contribution in [0.25, 0.3) is 0 Å². The van der Waals surface area contributed by atoms with Gasteiger partial charge in [-0.2, -0.15) is 16.9 Å². The SMILES string of the molecule is CN=C(NCCCCSC)N1CCC(Cc2cnn(C)c2)C1. The Labute approximate surface area is 138 Å². The van der Waals surface area contributed by atoms with Gasteiger partial charge in [0.25, 0.3) is 0 Å². The van der Waals surface area contributed by atoms with E-state index in [0.29, 0.717) is 5.92 Å². The Balaban J connectivity index is 1.73. The molecule has 0 saturated carbocycles. The third-order valence-corrected chi connectivity index (χ3v) is 4.84. The molecule has 1 N–H and O–H groups in total. The van der Waals surface area contributed by atoms with Gasteiger partial charge in [-0.25, -0.2) is 0 Å². The minimum Gasteiger partial charge on any atom is -0.356 e. The van der Waals surface area contributed by atoms with Crippen molar-refractivity contribution in [1.82, 2.24) is 20.0 Å². The second-order valence-electron chi connectivity index (χ2n) is 6.00. The highest BCUT2D eigenvalue weighted by molar-refractivity contribution is 7.98. The second-order valence-corrected chi connectivity index (χ2v) is 6.99. The van der Waals surface area contributed by atoms with Crippen molar-refractivity contribution in [2.75, 3.05) is 38.7 Å². The predicted molar refractivity (Wildman–Crippen MR) is 95.6 cm³/mol. The molecule has 1 aromatic heterocycles. The molecule has 0 spiro atoms. The molecular weight excluding hydrogens is 294 g/mol. The van der Waals surface area contributed by atoms with Crippen LogP contribution in [0.15, 0.2) is 17.4 Å². The van der Waals surface area contributed by atoms with E-state index in [1.165, 1.54) is 30.6 Å². The van der Waals surface area contributed by atoms with E-state index in [9.17, 15) is 0 Å². The quantitative estimate of drug-likeness (QED) is 0.474. The van der Waals surface area contributed by atoms with Crippen molar-refractivity contribution in [2.24, 2.45) is 18.0 Å². The first kappa shape index (κ1) is 17.2. The van der Waals surface area contributed by atoms with Crippen LogP contribution in [0.2, 0.25) is 0 Å². The number of nitrogens with zero attached hydrogens (tertiary/aromatic N) is 4. The number of aryl methyl sites for hydroxylation is 1. The van der Waals surface area contributed by atoms with Gasteiger partial charge in [-0.15, -0.1) is 0 Å². The Morgan fingerprint density at radius 1 is 1.50 bits per heavy atom. The molecule has 0 bridgehead atoms. The van der Waals surface area contributed by atoms with Crippen molar-refractivity contribution in [1.29, 1.82) is 0 Å². The summed E-state index contributed by atoms with van der Waals surface area (Å²) in [6.45, 7) is 3.23. The molecule has 22 heavy (non-hydrogen) atoms. The zero-order valence-electron chi connectivity index (χ0n) is 14.1. The first-order valence-electron chi connectivity index (χ1n) is 8.15. The monoisotopic (exact) mass is 323 g/mol. The molecule has 1 aliphatic rings. The summed E-state index contributed by atoms with van der Waals surface area (Å²) in [6, 6.07) is 0. The number of guanidine groups is 1. The molecule has 6 heteroatoms. The van der Waals surface area contributed by atoms with Crippen molar-refractivity contribution < 1.29 is 0 Å². The van der Waals surface area contributed by atoms with Crippen molar-refractivity contribution in [3.05, 3.63) is 18.0 Å². The Bertz CT molecular complexity index is 471. The number of nitrogens with one attached hydrogen (secondary N) is 1. The summed E-state index contributed by atoms with van der Waals surface area (Å²) in [6.07, 6.45) is 11.1. The van der Waals surface area contributed by atoms with Crippen molar-refractivity contribution in [3.63, 3.8) is 0 Å². The lowest BCUT2D eigenvalue weighted by Crippen LogP contribution is -2.40. The molecule has 0 radical (unpaired) electrons. The van der Waals surface area contributed by atoms with Crippen LogP contribution < -0.4 is 5.32 Å². The maximum absolute atomic E-state index is 4.44. The summed E-state index contributed by atoms with van der Waals surface area (Å²) < 4.78 is 1.89. The fraction of sp³-hybridized carbons (Fsp3) is 0.750. The number of aliphatic imine (C=N–C) groups is 1. The van der Waals surface area contributed by atoms with Gasteiger partial charge in [-0.1, -0.05) is 0 Å². The van der Waals surface area contributed by atoms with Crippen LogP contribution in [-0.4, -0.2) is 59.3 Å². The number of thioether (sulfide) groups is 1. The van der Waals surface area contributed by atoms with Gasteiger partial charge < -0.3 is 10.2 Å². The average molecular weight is 324 g/mol. The van der Waals surface area contributed by atoms with Crippen molar-refractivity contribution >= 4 is 17.7 Å². The van der Waals surface area contributed by atoms with Gasteiger partial charge in [-0.3, -0.25) is 9.67 Å². The number of likely N-dealkylation sites (tertiary alicyclic amines) is 1. The van der Waals surface area contributed by atoms with Crippen LogP contribution in [-0.2, 0) is 13.5 Å². The maximum Gasteiger partial charge on any atom is 0.193 e. The third-order valence-electron chi connectivity index (χ3n) is 4.14. The van der Waals surface area contributed by atoms with Crippen LogP contribution in [0.1, 0.15) is 24.8 Å². The molecule has 1 unspecified atom stereocenters. The highest BCUT2D eigenvalue weighted by atomic mass is 32.2. The van der Waals surface area contributed by atoms with Crippen LogP contribution in [0.5, 0.6) is 0 Å². The fourth-order valence-corrected chi connectivity index (χ4v) is 3.50. The Morgan fingerprint density at radius 2 is 2.36 bits per heavy atom. The topological polar surface area (TPSA) is 45.5 Å². The number of hydrogen-bond donors (Lipinski definition) is 1. The molecule has 0 aromatic carbocycles. The van der Waals surface area contributed by atoms with E-state index in [4.69, 9.17) is 0 Å². The molecule has 1 aliphatic heterocycles. The number of hydrogen-bond acceptors (Lipinski definition) is 3. The van der Waals surface area contributed by atoms with E-state index in [0.717, 1.165) is 32.0 Å². The molecule has 1 aromatic rings. The lowest BCUT2D eigenvalue weighted by molar-refractivity contribution is 0.459. The average Bonchev–Trinajstić information content (AvgIpc) is 3.13. The number of unbranched alkanes of at least 4 members (excludes halogenated alkanes) is 1. The summed E-state index contributed by atoms with van der Waals surface area (Å²) in [5.74, 6) is 3.02. The van der Waals surface area contributed by atoms with Crippen molar-refractivity contribution in [2.45, 2.75) is 25.7 Å². The smallest absolute Gasteiger partial charge is 0.193 e. The van der Waals surface area contributed by atoms with Crippen LogP contribution >= 0.6 is 11.8 Å². The van der Waals surface area contributed by atoms with E-state index in [1.807, 2.05) is 36.7 Å². The van der Waals surface area contributed by atoms with E-state index >= 15 is 0 Å². The molecule has 2 heterocycles. The highest BCUT2D eigenvalue weighted by Gasteiger charge is 2.25. The molecule has 1 atom stereocenters. The van der Waals surface area contributed by atoms with Crippen LogP contribution in [0, 0.1) is 5.92 Å². The fourth-order valence-electron chi connectivity index (χ4n) is 3.01. The lowest BCUT2D eigenvalue weighted by Gasteiger charge is -2.21. The number of aromatic nitrogens is 2. The van der Waals surface area contributed by atoms with E-state index in [1.54, 1.807) is 0 Å². The Morgan fingerprint density at radius 3 is 3.05 bits per heavy atom. The van der Waals surface area contributed by atoms with Gasteiger partial charge >= 0.3 is 0 Å². The molecular formula is C16H29N5S. The van der Waals surface area contributed by atoms with Gasteiger partial charge in [0.15, 0.2) is 5.96 Å². The Kier molecular flexibility index (Phi) is 7.09. The number of rotatable bonds is 7. The summed E-state index contributed by atoms with van der Waals surface area (Å²) >= 11 is 1.92. The molecule has 0 aliphatic carbocycles. The van der Waals surface area contributed by atoms with Gasteiger partial charge in [-0.05, 0) is 49.2 Å².